The van der Waals surface area contributed by atoms with Gasteiger partial charge in [0.25, 0.3) is 5.91 Å². The highest BCUT2D eigenvalue weighted by Crippen LogP contribution is 2.23. The Morgan fingerprint density at radius 3 is 2.60 bits per heavy atom. The van der Waals surface area contributed by atoms with Crippen LogP contribution in [0.1, 0.15) is 45.6 Å². The summed E-state index contributed by atoms with van der Waals surface area (Å²) in [7, 11) is 0. The molecule has 6 nitrogen and oxygen atoms in total. The van der Waals surface area contributed by atoms with Crippen LogP contribution < -0.4 is 10.6 Å². The van der Waals surface area contributed by atoms with Crippen molar-refractivity contribution in [2.24, 2.45) is 0 Å². The monoisotopic (exact) mass is 345 g/mol. The lowest BCUT2D eigenvalue weighted by molar-refractivity contribution is -0.134. The third kappa shape index (κ3) is 4.81. The van der Waals surface area contributed by atoms with Gasteiger partial charge in [-0.2, -0.15) is 0 Å². The molecule has 1 aromatic carbocycles. The van der Waals surface area contributed by atoms with Gasteiger partial charge in [-0.1, -0.05) is 43.7 Å². The van der Waals surface area contributed by atoms with Crippen molar-refractivity contribution in [3.05, 3.63) is 35.9 Å². The molecule has 0 radical (unpaired) electrons. The normalized spacial score (nSPS) is 21.2. The molecule has 136 valence electrons. The SMILES string of the molecule is CCC[C@H](C)NC(=O)CN1C(=O)N[C@](C)(CCc2ccccc2)C1=O. The molecule has 2 N–H and O–H groups in total. The van der Waals surface area contributed by atoms with Crippen molar-refractivity contribution in [1.82, 2.24) is 15.5 Å². The van der Waals surface area contributed by atoms with Crippen LogP contribution in [0.4, 0.5) is 4.79 Å². The first-order chi connectivity index (χ1) is 11.9. The Kier molecular flexibility index (Phi) is 6.17. The van der Waals surface area contributed by atoms with Gasteiger partial charge < -0.3 is 10.6 Å². The number of urea groups is 1. The van der Waals surface area contributed by atoms with Crippen LogP contribution in [0.2, 0.25) is 0 Å². The molecular weight excluding hydrogens is 318 g/mol. The Hall–Kier alpha value is -2.37. The molecule has 2 atom stereocenters. The van der Waals surface area contributed by atoms with E-state index in [4.69, 9.17) is 0 Å². The molecule has 4 amide bonds. The van der Waals surface area contributed by atoms with Gasteiger partial charge in [0.1, 0.15) is 12.1 Å². The molecule has 0 saturated carbocycles. The maximum Gasteiger partial charge on any atom is 0.325 e. The molecule has 0 aromatic heterocycles. The zero-order valence-corrected chi connectivity index (χ0v) is 15.2. The minimum absolute atomic E-state index is 0.0303. The molecule has 1 heterocycles. The van der Waals surface area contributed by atoms with Gasteiger partial charge in [-0.15, -0.1) is 0 Å². The van der Waals surface area contributed by atoms with Gasteiger partial charge in [-0.3, -0.25) is 14.5 Å². The van der Waals surface area contributed by atoms with Crippen LogP contribution in [-0.2, 0) is 16.0 Å². The lowest BCUT2D eigenvalue weighted by atomic mass is 9.93. The van der Waals surface area contributed by atoms with E-state index in [-0.39, 0.29) is 24.4 Å². The number of hydrogen-bond acceptors (Lipinski definition) is 3. The van der Waals surface area contributed by atoms with Crippen molar-refractivity contribution in [3.63, 3.8) is 0 Å². The fourth-order valence-electron chi connectivity index (χ4n) is 3.07. The molecule has 0 aliphatic carbocycles. The van der Waals surface area contributed by atoms with Crippen LogP contribution in [0, 0.1) is 0 Å². The standard InChI is InChI=1S/C19H27N3O3/c1-4-8-14(2)20-16(23)13-22-17(24)19(3,21-18(22)25)12-11-15-9-6-5-7-10-15/h5-7,9-10,14H,4,8,11-13H2,1-3H3,(H,20,23)(H,21,25)/t14-,19+/m0/s1. The average Bonchev–Trinajstić information content (AvgIpc) is 2.78. The Balaban J connectivity index is 1.95. The van der Waals surface area contributed by atoms with E-state index < -0.39 is 11.6 Å². The highest BCUT2D eigenvalue weighted by atomic mass is 16.2. The van der Waals surface area contributed by atoms with Gasteiger partial charge in [-0.05, 0) is 38.7 Å². The molecular formula is C19H27N3O3. The smallest absolute Gasteiger partial charge is 0.325 e. The molecule has 1 fully saturated rings. The number of benzene rings is 1. The second-order valence-corrected chi connectivity index (χ2v) is 6.90. The molecule has 1 aromatic rings. The number of rotatable bonds is 8. The molecule has 0 bridgehead atoms. The summed E-state index contributed by atoms with van der Waals surface area (Å²) in [6, 6.07) is 9.34. The van der Waals surface area contributed by atoms with Gasteiger partial charge in [0.05, 0.1) is 0 Å². The quantitative estimate of drug-likeness (QED) is 0.709. The topological polar surface area (TPSA) is 78.5 Å². The van der Waals surface area contributed by atoms with Gasteiger partial charge in [0.2, 0.25) is 5.91 Å². The summed E-state index contributed by atoms with van der Waals surface area (Å²) in [5, 5.41) is 5.56. The number of nitrogens with zero attached hydrogens (tertiary/aromatic N) is 1. The Bertz CT molecular complexity index is 632. The van der Waals surface area contributed by atoms with E-state index in [9.17, 15) is 14.4 Å². The van der Waals surface area contributed by atoms with Crippen LogP contribution in [0.3, 0.4) is 0 Å². The fourth-order valence-corrected chi connectivity index (χ4v) is 3.07. The largest absolute Gasteiger partial charge is 0.352 e. The molecule has 25 heavy (non-hydrogen) atoms. The third-order valence-electron chi connectivity index (χ3n) is 4.53. The summed E-state index contributed by atoms with van der Waals surface area (Å²) in [5.41, 5.74) is 0.137. The minimum atomic E-state index is -0.970. The van der Waals surface area contributed by atoms with Crippen molar-refractivity contribution < 1.29 is 14.4 Å². The molecule has 1 aliphatic rings. The van der Waals surface area contributed by atoms with E-state index in [1.807, 2.05) is 44.2 Å². The zero-order valence-electron chi connectivity index (χ0n) is 15.2. The number of aryl methyl sites for hydroxylation is 1. The second-order valence-electron chi connectivity index (χ2n) is 6.90. The van der Waals surface area contributed by atoms with Crippen molar-refractivity contribution in [2.45, 2.75) is 58.0 Å². The van der Waals surface area contributed by atoms with E-state index in [0.29, 0.717) is 12.8 Å². The number of imide groups is 1. The van der Waals surface area contributed by atoms with Crippen LogP contribution in [0.25, 0.3) is 0 Å². The van der Waals surface area contributed by atoms with Gasteiger partial charge in [0, 0.05) is 6.04 Å². The highest BCUT2D eigenvalue weighted by Gasteiger charge is 2.47. The van der Waals surface area contributed by atoms with Crippen LogP contribution >= 0.6 is 0 Å². The first kappa shape index (κ1) is 19.0. The second kappa shape index (κ2) is 8.14. The van der Waals surface area contributed by atoms with Crippen LogP contribution in [0.5, 0.6) is 0 Å². The van der Waals surface area contributed by atoms with E-state index in [0.717, 1.165) is 23.3 Å². The molecule has 2 rings (SSSR count). The fraction of sp³-hybridized carbons (Fsp3) is 0.526. The van der Waals surface area contributed by atoms with E-state index in [1.54, 1.807) is 6.92 Å². The summed E-state index contributed by atoms with van der Waals surface area (Å²) >= 11 is 0. The summed E-state index contributed by atoms with van der Waals surface area (Å²) in [6.07, 6.45) is 2.99. The van der Waals surface area contributed by atoms with Gasteiger partial charge in [0.15, 0.2) is 0 Å². The molecule has 6 heteroatoms. The number of carbonyl (C=O) groups is 3. The molecule has 0 unspecified atom stereocenters. The van der Waals surface area contributed by atoms with Gasteiger partial charge >= 0.3 is 6.03 Å². The summed E-state index contributed by atoms with van der Waals surface area (Å²) in [6.45, 7) is 5.43. The molecule has 1 aliphatic heterocycles. The highest BCUT2D eigenvalue weighted by molar-refractivity contribution is 6.08. The molecule has 0 spiro atoms. The van der Waals surface area contributed by atoms with Crippen LogP contribution in [-0.4, -0.2) is 40.9 Å². The summed E-state index contributed by atoms with van der Waals surface area (Å²) in [4.78, 5) is 37.9. The zero-order chi connectivity index (χ0) is 18.4. The number of carbonyl (C=O) groups excluding carboxylic acids is 3. The predicted octanol–water partition coefficient (Wildman–Crippen LogP) is 2.23. The van der Waals surface area contributed by atoms with E-state index >= 15 is 0 Å². The maximum atomic E-state index is 12.7. The van der Waals surface area contributed by atoms with E-state index in [1.165, 1.54) is 0 Å². The van der Waals surface area contributed by atoms with Crippen molar-refractivity contribution in [3.8, 4) is 0 Å². The first-order valence-corrected chi connectivity index (χ1v) is 8.83. The first-order valence-electron chi connectivity index (χ1n) is 8.83. The van der Waals surface area contributed by atoms with Gasteiger partial charge in [-0.25, -0.2) is 4.79 Å². The minimum Gasteiger partial charge on any atom is -0.352 e. The van der Waals surface area contributed by atoms with E-state index in [2.05, 4.69) is 10.6 Å². The summed E-state index contributed by atoms with van der Waals surface area (Å²) < 4.78 is 0. The maximum absolute atomic E-state index is 12.7. The third-order valence-corrected chi connectivity index (χ3v) is 4.53. The molecule has 1 saturated heterocycles. The Morgan fingerprint density at radius 1 is 1.28 bits per heavy atom. The van der Waals surface area contributed by atoms with Crippen LogP contribution in [0.15, 0.2) is 30.3 Å². The average molecular weight is 345 g/mol. The lowest BCUT2D eigenvalue weighted by Crippen LogP contribution is -2.46. The van der Waals surface area contributed by atoms with Crippen molar-refractivity contribution >= 4 is 17.8 Å². The Labute approximate surface area is 149 Å². The predicted molar refractivity (Wildman–Crippen MR) is 95.9 cm³/mol. The Morgan fingerprint density at radius 2 is 1.96 bits per heavy atom. The van der Waals surface area contributed by atoms with Crippen molar-refractivity contribution in [1.29, 1.82) is 0 Å². The number of hydrogen-bond donors (Lipinski definition) is 2. The van der Waals surface area contributed by atoms with Crippen molar-refractivity contribution in [2.75, 3.05) is 6.54 Å². The number of amides is 4. The summed E-state index contributed by atoms with van der Waals surface area (Å²) in [5.74, 6) is -0.650. The number of nitrogens with one attached hydrogen (secondary N) is 2. The lowest BCUT2D eigenvalue weighted by Gasteiger charge is -2.22.